The van der Waals surface area contributed by atoms with Crippen LogP contribution < -0.4 is 10.6 Å². The van der Waals surface area contributed by atoms with Crippen molar-refractivity contribution in [2.75, 3.05) is 0 Å². The van der Waals surface area contributed by atoms with Gasteiger partial charge in [-0.15, -0.1) is 0 Å². The van der Waals surface area contributed by atoms with E-state index < -0.39 is 18.0 Å². The first-order chi connectivity index (χ1) is 18.0. The van der Waals surface area contributed by atoms with Gasteiger partial charge in [0, 0.05) is 12.0 Å². The van der Waals surface area contributed by atoms with Gasteiger partial charge in [-0.25, -0.2) is 4.79 Å². The average Bonchev–Trinajstić information content (AvgIpc) is 3.38. The quantitative estimate of drug-likeness (QED) is 0.208. The SMILES string of the molecule is CCCCCCCCCCc1ccc(-c2noc(CNC(=O)C(Cc3ccccc3)NC(=O)O)n2)cc1. The predicted molar refractivity (Wildman–Crippen MR) is 143 cm³/mol. The maximum absolute atomic E-state index is 12.6. The summed E-state index contributed by atoms with van der Waals surface area (Å²) in [4.78, 5) is 28.2. The molecule has 0 spiro atoms. The van der Waals surface area contributed by atoms with Crippen LogP contribution >= 0.6 is 0 Å². The first-order valence-corrected chi connectivity index (χ1v) is 13.3. The van der Waals surface area contributed by atoms with Crippen LogP contribution in [0.25, 0.3) is 11.4 Å². The van der Waals surface area contributed by atoms with Crippen LogP contribution in [-0.4, -0.2) is 33.3 Å². The fraction of sp³-hybridized carbons (Fsp3) is 0.448. The Hall–Kier alpha value is -3.68. The van der Waals surface area contributed by atoms with Crippen LogP contribution in [0.3, 0.4) is 0 Å². The molecule has 0 saturated carbocycles. The molecule has 0 aliphatic rings. The summed E-state index contributed by atoms with van der Waals surface area (Å²) in [5.41, 5.74) is 2.99. The number of nitrogens with zero attached hydrogens (tertiary/aromatic N) is 2. The first kappa shape index (κ1) is 27.9. The van der Waals surface area contributed by atoms with Crippen LogP contribution in [0.5, 0.6) is 0 Å². The van der Waals surface area contributed by atoms with Crippen LogP contribution in [0.2, 0.25) is 0 Å². The fourth-order valence-electron chi connectivity index (χ4n) is 4.22. The molecule has 3 aromatic rings. The molecule has 0 aliphatic carbocycles. The van der Waals surface area contributed by atoms with Crippen molar-refractivity contribution in [3.05, 3.63) is 71.6 Å². The van der Waals surface area contributed by atoms with Gasteiger partial charge in [0.15, 0.2) is 0 Å². The number of benzene rings is 2. The zero-order chi connectivity index (χ0) is 26.3. The summed E-state index contributed by atoms with van der Waals surface area (Å²) >= 11 is 0. The number of rotatable bonds is 16. The van der Waals surface area contributed by atoms with E-state index >= 15 is 0 Å². The Labute approximate surface area is 218 Å². The maximum atomic E-state index is 12.6. The van der Waals surface area contributed by atoms with Gasteiger partial charge in [0.1, 0.15) is 6.04 Å². The van der Waals surface area contributed by atoms with E-state index in [1.165, 1.54) is 56.9 Å². The van der Waals surface area contributed by atoms with E-state index in [1.807, 2.05) is 42.5 Å². The minimum absolute atomic E-state index is 0.00888. The largest absolute Gasteiger partial charge is 0.465 e. The molecule has 8 nitrogen and oxygen atoms in total. The highest BCUT2D eigenvalue weighted by atomic mass is 16.5. The second-order valence-electron chi connectivity index (χ2n) is 9.34. The lowest BCUT2D eigenvalue weighted by Gasteiger charge is -2.16. The molecule has 0 fully saturated rings. The van der Waals surface area contributed by atoms with Crippen LogP contribution in [-0.2, 0) is 24.2 Å². The lowest BCUT2D eigenvalue weighted by atomic mass is 10.0. The van der Waals surface area contributed by atoms with Crippen molar-refractivity contribution in [1.29, 1.82) is 0 Å². The molecule has 8 heteroatoms. The highest BCUT2D eigenvalue weighted by molar-refractivity contribution is 5.85. The number of amides is 2. The van der Waals surface area contributed by atoms with Crippen molar-refractivity contribution in [2.24, 2.45) is 0 Å². The highest BCUT2D eigenvalue weighted by Crippen LogP contribution is 2.18. The standard InChI is InChI=1S/C29H38N4O4/c1-2-3-4-5-6-7-8-10-13-22-16-18-24(19-17-22)27-32-26(37-33-27)21-30-28(34)25(31-29(35)36)20-23-14-11-9-12-15-23/h9,11-12,14-19,25,31H,2-8,10,13,20-21H2,1H3,(H,30,34)(H,35,36). The number of hydrogen-bond donors (Lipinski definition) is 3. The summed E-state index contributed by atoms with van der Waals surface area (Å²) in [5.74, 6) is 0.240. The van der Waals surface area contributed by atoms with E-state index in [2.05, 4.69) is 39.8 Å². The van der Waals surface area contributed by atoms with Gasteiger partial charge in [0.05, 0.1) is 6.54 Å². The van der Waals surface area contributed by atoms with Gasteiger partial charge in [0.25, 0.3) is 0 Å². The van der Waals surface area contributed by atoms with Crippen LogP contribution in [0, 0.1) is 0 Å². The van der Waals surface area contributed by atoms with Gasteiger partial charge in [-0.3, -0.25) is 4.79 Å². The van der Waals surface area contributed by atoms with E-state index in [0.29, 0.717) is 5.82 Å². The van der Waals surface area contributed by atoms with E-state index in [4.69, 9.17) is 9.63 Å². The van der Waals surface area contributed by atoms with Gasteiger partial charge >= 0.3 is 6.09 Å². The number of hydrogen-bond acceptors (Lipinski definition) is 5. The van der Waals surface area contributed by atoms with Gasteiger partial charge in [-0.2, -0.15) is 4.98 Å². The Morgan fingerprint density at radius 3 is 2.24 bits per heavy atom. The zero-order valence-corrected chi connectivity index (χ0v) is 21.6. The number of carbonyl (C=O) groups is 2. The molecule has 1 heterocycles. The molecule has 0 radical (unpaired) electrons. The summed E-state index contributed by atoms with van der Waals surface area (Å²) in [6.45, 7) is 2.25. The van der Waals surface area contributed by atoms with Crippen LogP contribution in [0.4, 0.5) is 4.79 Å². The monoisotopic (exact) mass is 506 g/mol. The molecule has 37 heavy (non-hydrogen) atoms. The summed E-state index contributed by atoms with van der Waals surface area (Å²) < 4.78 is 5.29. The van der Waals surface area contributed by atoms with Crippen LogP contribution in [0.15, 0.2) is 59.1 Å². The molecular formula is C29H38N4O4. The molecule has 2 amide bonds. The molecule has 0 saturated heterocycles. The summed E-state index contributed by atoms with van der Waals surface area (Å²) in [5, 5.41) is 18.1. The number of carbonyl (C=O) groups excluding carboxylic acids is 1. The number of aromatic nitrogens is 2. The summed E-state index contributed by atoms with van der Waals surface area (Å²) in [6.07, 6.45) is 10.5. The predicted octanol–water partition coefficient (Wildman–Crippen LogP) is 5.91. The Bertz CT molecular complexity index is 1080. The summed E-state index contributed by atoms with van der Waals surface area (Å²) in [7, 11) is 0. The third-order valence-electron chi connectivity index (χ3n) is 6.31. The molecular weight excluding hydrogens is 468 g/mol. The Balaban J connectivity index is 1.44. The van der Waals surface area contributed by atoms with Crippen molar-refractivity contribution < 1.29 is 19.2 Å². The van der Waals surface area contributed by atoms with Crippen molar-refractivity contribution >= 4 is 12.0 Å². The molecule has 0 bridgehead atoms. The number of nitrogens with one attached hydrogen (secondary N) is 2. The topological polar surface area (TPSA) is 117 Å². The third-order valence-corrected chi connectivity index (χ3v) is 6.31. The van der Waals surface area contributed by atoms with Gasteiger partial charge in [0.2, 0.25) is 17.6 Å². The van der Waals surface area contributed by atoms with Crippen molar-refractivity contribution in [3.8, 4) is 11.4 Å². The molecule has 3 rings (SSSR count). The fourth-order valence-corrected chi connectivity index (χ4v) is 4.22. The normalized spacial score (nSPS) is 11.7. The van der Waals surface area contributed by atoms with Gasteiger partial charge in [-0.05, 0) is 24.0 Å². The Morgan fingerprint density at radius 1 is 0.892 bits per heavy atom. The smallest absolute Gasteiger partial charge is 0.405 e. The zero-order valence-electron chi connectivity index (χ0n) is 21.6. The molecule has 198 valence electrons. The molecule has 3 N–H and O–H groups in total. The Morgan fingerprint density at radius 2 is 1.57 bits per heavy atom. The van der Waals surface area contributed by atoms with Gasteiger partial charge < -0.3 is 20.3 Å². The molecule has 1 unspecified atom stereocenters. The van der Waals surface area contributed by atoms with Crippen molar-refractivity contribution in [1.82, 2.24) is 20.8 Å². The summed E-state index contributed by atoms with van der Waals surface area (Å²) in [6, 6.07) is 16.5. The van der Waals surface area contributed by atoms with E-state index in [-0.39, 0.29) is 18.9 Å². The van der Waals surface area contributed by atoms with Gasteiger partial charge in [-0.1, -0.05) is 112 Å². The minimum atomic E-state index is -1.26. The second kappa shape index (κ2) is 15.4. The average molecular weight is 507 g/mol. The number of aryl methyl sites for hydroxylation is 1. The lowest BCUT2D eigenvalue weighted by Crippen LogP contribution is -2.47. The third kappa shape index (κ3) is 10.1. The Kier molecular flexibility index (Phi) is 11.6. The number of unbranched alkanes of at least 4 members (excludes halogenated alkanes) is 7. The molecule has 1 atom stereocenters. The van der Waals surface area contributed by atoms with E-state index in [1.54, 1.807) is 0 Å². The molecule has 1 aromatic heterocycles. The second-order valence-corrected chi connectivity index (χ2v) is 9.34. The van der Waals surface area contributed by atoms with E-state index in [9.17, 15) is 9.59 Å². The molecule has 0 aliphatic heterocycles. The van der Waals surface area contributed by atoms with Crippen molar-refractivity contribution in [2.45, 2.75) is 83.7 Å². The van der Waals surface area contributed by atoms with Crippen LogP contribution in [0.1, 0.15) is 75.3 Å². The lowest BCUT2D eigenvalue weighted by molar-refractivity contribution is -0.123. The van der Waals surface area contributed by atoms with Crippen molar-refractivity contribution in [3.63, 3.8) is 0 Å². The highest BCUT2D eigenvalue weighted by Gasteiger charge is 2.21. The molecule has 2 aromatic carbocycles. The maximum Gasteiger partial charge on any atom is 0.405 e. The first-order valence-electron chi connectivity index (χ1n) is 13.3. The minimum Gasteiger partial charge on any atom is -0.465 e. The number of carboxylic acid groups (broad SMARTS) is 1. The van der Waals surface area contributed by atoms with E-state index in [0.717, 1.165) is 17.5 Å².